The molecule has 2 fully saturated rings. The molecule has 0 saturated heterocycles. The van der Waals surface area contributed by atoms with Crippen LogP contribution >= 0.6 is 22.9 Å². The van der Waals surface area contributed by atoms with Gasteiger partial charge in [-0.1, -0.05) is 30.7 Å². The maximum Gasteiger partial charge on any atom is 0.158 e. The number of hydrogen-bond acceptors (Lipinski definition) is 6. The minimum atomic E-state index is -0.596. The van der Waals surface area contributed by atoms with Crippen molar-refractivity contribution in [1.29, 1.82) is 5.26 Å². The summed E-state index contributed by atoms with van der Waals surface area (Å²) in [5.41, 5.74) is 7.69. The number of aryl methyl sites for hydroxylation is 2. The molecule has 0 radical (unpaired) electrons. The normalized spacial score (nSPS) is 23.6. The predicted octanol–water partition coefficient (Wildman–Crippen LogP) is 6.93. The van der Waals surface area contributed by atoms with Gasteiger partial charge in [0.2, 0.25) is 0 Å². The molecule has 0 spiro atoms. The molecule has 1 atom stereocenters. The van der Waals surface area contributed by atoms with E-state index in [1.54, 1.807) is 0 Å². The molecule has 2 saturated carbocycles. The summed E-state index contributed by atoms with van der Waals surface area (Å²) in [5, 5.41) is 11.1. The Morgan fingerprint density at radius 1 is 1.32 bits per heavy atom. The van der Waals surface area contributed by atoms with Crippen LogP contribution in [0.5, 0.6) is 0 Å². The zero-order valence-corrected chi connectivity index (χ0v) is 21.6. The fraction of sp³-hybridized carbons (Fsp3) is 0.321. The van der Waals surface area contributed by atoms with E-state index >= 15 is 4.39 Å². The number of nitrogens with two attached hydrogens (primary N) is 1. The second-order valence-corrected chi connectivity index (χ2v) is 11.6. The summed E-state index contributed by atoms with van der Waals surface area (Å²) < 4.78 is 31.6. The lowest BCUT2D eigenvalue weighted by Gasteiger charge is -2.33. The number of halogens is 3. The van der Waals surface area contributed by atoms with Crippen LogP contribution < -0.4 is 10.6 Å². The average molecular weight is 534 g/mol. The van der Waals surface area contributed by atoms with Crippen molar-refractivity contribution in [2.75, 3.05) is 10.6 Å². The quantitative estimate of drug-likeness (QED) is 0.288. The number of hydrogen-bond donors (Lipinski definition) is 1. The van der Waals surface area contributed by atoms with Gasteiger partial charge in [0.05, 0.1) is 20.7 Å². The molecule has 37 heavy (non-hydrogen) atoms. The first kappa shape index (κ1) is 22.9. The molecular formula is C28H22ClF2N5S. The summed E-state index contributed by atoms with van der Waals surface area (Å²) in [4.78, 5) is 11.9. The third-order valence-electron chi connectivity index (χ3n) is 8.31. The molecule has 3 aliphatic rings. The largest absolute Gasteiger partial charge is 0.389 e. The van der Waals surface area contributed by atoms with Gasteiger partial charge in [-0.15, -0.1) is 17.9 Å². The molecule has 2 aromatic carbocycles. The first-order valence-corrected chi connectivity index (χ1v) is 13.6. The van der Waals surface area contributed by atoms with Gasteiger partial charge in [0.25, 0.3) is 0 Å². The Labute approximate surface area is 221 Å². The molecule has 1 aliphatic heterocycles. The summed E-state index contributed by atoms with van der Waals surface area (Å²) in [5.74, 6) is 0.811. The van der Waals surface area contributed by atoms with Crippen LogP contribution in [0.1, 0.15) is 43.1 Å². The van der Waals surface area contributed by atoms with Gasteiger partial charge in [-0.05, 0) is 48.8 Å². The number of fused-ring (bicyclic) bond motifs is 2. The standard InChI is InChI=1S/C28H22ClF2N5S/c1-3-13-5-6-15-21-24(34-18(4-2)35-27(21)36(13)28-9-12(28)10-28)23(31)20(22(15)29)14-7-8-17(30)25-19(14)16(11-32)26(33)37-25/h3,7-8,12-13H,1,4-6,9-10,33H2,2H3. The predicted molar refractivity (Wildman–Crippen MR) is 144 cm³/mol. The topological polar surface area (TPSA) is 78.8 Å². The SMILES string of the molecule is C=CC1CCc2c(Cl)c(-c3ccc(F)c4sc(N)c(C#N)c34)c(F)c3nc(CC)nc(c23)N1C12CC1C2. The van der Waals surface area contributed by atoms with Crippen LogP contribution in [0.3, 0.4) is 0 Å². The van der Waals surface area contributed by atoms with Gasteiger partial charge in [0, 0.05) is 29.0 Å². The van der Waals surface area contributed by atoms with Crippen molar-refractivity contribution < 1.29 is 8.78 Å². The maximum absolute atomic E-state index is 16.7. The first-order chi connectivity index (χ1) is 17.8. The summed E-state index contributed by atoms with van der Waals surface area (Å²) in [6.45, 7) is 6.05. The lowest BCUT2D eigenvalue weighted by atomic mass is 9.93. The molecule has 0 bridgehead atoms. The van der Waals surface area contributed by atoms with Crippen LogP contribution in [0.15, 0.2) is 24.8 Å². The van der Waals surface area contributed by atoms with E-state index in [9.17, 15) is 9.65 Å². The van der Waals surface area contributed by atoms with E-state index in [-0.39, 0.29) is 48.3 Å². The lowest BCUT2D eigenvalue weighted by Crippen LogP contribution is -2.40. The van der Waals surface area contributed by atoms with Crippen LogP contribution in [0.2, 0.25) is 5.02 Å². The second-order valence-electron chi connectivity index (χ2n) is 10.2. The van der Waals surface area contributed by atoms with E-state index in [4.69, 9.17) is 22.3 Å². The highest BCUT2D eigenvalue weighted by Gasteiger charge is 2.74. The van der Waals surface area contributed by atoms with Crippen molar-refractivity contribution in [3.05, 3.63) is 58.4 Å². The summed E-state index contributed by atoms with van der Waals surface area (Å²) >= 11 is 8.03. The number of nitrogens with zero attached hydrogens (tertiary/aromatic N) is 4. The van der Waals surface area contributed by atoms with Gasteiger partial charge < -0.3 is 10.6 Å². The molecule has 3 heterocycles. The third-order valence-corrected chi connectivity index (χ3v) is 9.75. The monoisotopic (exact) mass is 533 g/mol. The van der Waals surface area contributed by atoms with E-state index < -0.39 is 11.6 Å². The maximum atomic E-state index is 16.7. The van der Waals surface area contributed by atoms with E-state index in [0.29, 0.717) is 35.5 Å². The molecule has 4 aromatic rings. The minimum absolute atomic E-state index is 0.0460. The fourth-order valence-electron chi connectivity index (χ4n) is 6.13. The van der Waals surface area contributed by atoms with Crippen LogP contribution in [0.25, 0.3) is 32.1 Å². The highest BCUT2D eigenvalue weighted by molar-refractivity contribution is 7.23. The van der Waals surface area contributed by atoms with Crippen LogP contribution in [0, 0.1) is 28.9 Å². The van der Waals surface area contributed by atoms with Crippen LogP contribution in [-0.4, -0.2) is 21.5 Å². The zero-order chi connectivity index (χ0) is 25.8. The highest BCUT2D eigenvalue weighted by Crippen LogP contribution is 2.72. The average Bonchev–Trinajstić information content (AvgIpc) is 3.74. The van der Waals surface area contributed by atoms with Crippen molar-refractivity contribution in [3.63, 3.8) is 0 Å². The molecule has 5 nitrogen and oxygen atoms in total. The second kappa shape index (κ2) is 7.62. The minimum Gasteiger partial charge on any atom is -0.389 e. The van der Waals surface area contributed by atoms with Crippen molar-refractivity contribution >= 4 is 54.7 Å². The van der Waals surface area contributed by atoms with Crippen molar-refractivity contribution in [3.8, 4) is 17.2 Å². The van der Waals surface area contributed by atoms with E-state index in [2.05, 4.69) is 22.5 Å². The van der Waals surface area contributed by atoms with E-state index in [1.807, 2.05) is 13.0 Å². The number of nitriles is 1. The summed E-state index contributed by atoms with van der Waals surface area (Å²) in [7, 11) is 0. The van der Waals surface area contributed by atoms with Gasteiger partial charge in [0.1, 0.15) is 34.0 Å². The molecule has 2 aromatic heterocycles. The number of benzene rings is 2. The highest BCUT2D eigenvalue weighted by atomic mass is 35.5. The van der Waals surface area contributed by atoms with Crippen molar-refractivity contribution in [2.24, 2.45) is 5.92 Å². The molecular weight excluding hydrogens is 512 g/mol. The van der Waals surface area contributed by atoms with Gasteiger partial charge in [-0.2, -0.15) is 5.26 Å². The summed E-state index contributed by atoms with van der Waals surface area (Å²) in [6.07, 6.45) is 6.05. The number of aromatic nitrogens is 2. The summed E-state index contributed by atoms with van der Waals surface area (Å²) in [6, 6.07) is 4.86. The van der Waals surface area contributed by atoms with Gasteiger partial charge in [0.15, 0.2) is 5.82 Å². The lowest BCUT2D eigenvalue weighted by molar-refractivity contribution is 0.580. The fourth-order valence-corrected chi connectivity index (χ4v) is 7.45. The van der Waals surface area contributed by atoms with E-state index in [1.165, 1.54) is 12.1 Å². The Morgan fingerprint density at radius 3 is 2.73 bits per heavy atom. The van der Waals surface area contributed by atoms with Gasteiger partial charge >= 0.3 is 0 Å². The number of thiophene rings is 1. The van der Waals surface area contributed by atoms with Crippen molar-refractivity contribution in [2.45, 2.75) is 50.6 Å². The smallest absolute Gasteiger partial charge is 0.158 e. The molecule has 9 heteroatoms. The van der Waals surface area contributed by atoms with Crippen molar-refractivity contribution in [1.82, 2.24) is 9.97 Å². The Bertz CT molecular complexity index is 1730. The molecule has 7 rings (SSSR count). The molecule has 1 unspecified atom stereocenters. The number of rotatable bonds is 4. The molecule has 2 N–H and O–H groups in total. The van der Waals surface area contributed by atoms with Gasteiger partial charge in [-0.3, -0.25) is 0 Å². The Kier molecular flexibility index (Phi) is 4.71. The molecule has 186 valence electrons. The third kappa shape index (κ3) is 2.93. The first-order valence-electron chi connectivity index (χ1n) is 12.4. The Morgan fingerprint density at radius 2 is 2.08 bits per heavy atom. The van der Waals surface area contributed by atoms with E-state index in [0.717, 1.165) is 42.0 Å². The molecule has 2 aliphatic carbocycles. The number of anilines is 2. The van der Waals surface area contributed by atoms with Crippen LogP contribution in [-0.2, 0) is 12.8 Å². The Hall–Kier alpha value is -3.28. The Balaban J connectivity index is 1.60. The zero-order valence-electron chi connectivity index (χ0n) is 20.0. The van der Waals surface area contributed by atoms with Crippen LogP contribution in [0.4, 0.5) is 19.6 Å². The van der Waals surface area contributed by atoms with Gasteiger partial charge in [-0.25, -0.2) is 18.7 Å². The number of nitrogen functional groups attached to an aromatic ring is 1. The molecule has 0 amide bonds.